The zero-order chi connectivity index (χ0) is 18.5. The van der Waals surface area contributed by atoms with E-state index in [1.165, 1.54) is 6.07 Å². The monoisotopic (exact) mass is 419 g/mol. The fourth-order valence-electron chi connectivity index (χ4n) is 2.99. The summed E-state index contributed by atoms with van der Waals surface area (Å²) in [6.45, 7) is 4.13. The standard InChI is InChI=1S/C20H23BrFN3O/c1-24-10-12-25(13-11-24)17-8-6-16(7-9-17)23-20(26)18(21)14-15-4-2-3-5-19(15)22/h2-9,18H,10-14H2,1H3,(H,23,26). The van der Waals surface area contributed by atoms with Gasteiger partial charge in [0.15, 0.2) is 0 Å². The van der Waals surface area contributed by atoms with Gasteiger partial charge < -0.3 is 15.1 Å². The number of rotatable bonds is 5. The minimum atomic E-state index is -0.489. The second-order valence-electron chi connectivity index (χ2n) is 6.59. The number of nitrogens with one attached hydrogen (secondary N) is 1. The summed E-state index contributed by atoms with van der Waals surface area (Å²) in [5.74, 6) is -0.470. The third-order valence-corrected chi connectivity index (χ3v) is 5.38. The fraction of sp³-hybridized carbons (Fsp3) is 0.350. The van der Waals surface area contributed by atoms with E-state index in [4.69, 9.17) is 0 Å². The summed E-state index contributed by atoms with van der Waals surface area (Å²) in [7, 11) is 2.13. The smallest absolute Gasteiger partial charge is 0.238 e. The van der Waals surface area contributed by atoms with Crippen LogP contribution in [-0.4, -0.2) is 48.9 Å². The first-order valence-electron chi connectivity index (χ1n) is 8.75. The van der Waals surface area contributed by atoms with E-state index in [1.807, 2.05) is 24.3 Å². The molecule has 1 unspecified atom stereocenters. The first-order valence-corrected chi connectivity index (χ1v) is 9.66. The molecule has 0 spiro atoms. The van der Waals surface area contributed by atoms with Crippen molar-refractivity contribution < 1.29 is 9.18 Å². The van der Waals surface area contributed by atoms with Crippen LogP contribution < -0.4 is 10.2 Å². The van der Waals surface area contributed by atoms with Crippen molar-refractivity contribution in [3.8, 4) is 0 Å². The molecule has 26 heavy (non-hydrogen) atoms. The van der Waals surface area contributed by atoms with Crippen LogP contribution in [0.1, 0.15) is 5.56 Å². The first-order chi connectivity index (χ1) is 12.5. The molecule has 0 aliphatic carbocycles. The van der Waals surface area contributed by atoms with Gasteiger partial charge >= 0.3 is 0 Å². The van der Waals surface area contributed by atoms with Crippen molar-refractivity contribution in [1.82, 2.24) is 4.90 Å². The maximum Gasteiger partial charge on any atom is 0.238 e. The van der Waals surface area contributed by atoms with Gasteiger partial charge in [-0.3, -0.25) is 4.79 Å². The average molecular weight is 420 g/mol. The number of hydrogen-bond donors (Lipinski definition) is 1. The Labute approximate surface area is 162 Å². The van der Waals surface area contributed by atoms with Crippen LogP contribution in [0.5, 0.6) is 0 Å². The van der Waals surface area contributed by atoms with Crippen molar-refractivity contribution in [1.29, 1.82) is 0 Å². The van der Waals surface area contributed by atoms with E-state index in [2.05, 4.69) is 38.1 Å². The molecule has 0 bridgehead atoms. The van der Waals surface area contributed by atoms with Gasteiger partial charge in [-0.15, -0.1) is 0 Å². The maximum absolute atomic E-state index is 13.7. The van der Waals surface area contributed by atoms with Gasteiger partial charge in [-0.05, 0) is 49.4 Å². The van der Waals surface area contributed by atoms with Crippen LogP contribution in [0.4, 0.5) is 15.8 Å². The Morgan fingerprint density at radius 3 is 2.42 bits per heavy atom. The van der Waals surface area contributed by atoms with Gasteiger partial charge in [0, 0.05) is 37.6 Å². The first kappa shape index (κ1) is 18.9. The van der Waals surface area contributed by atoms with E-state index < -0.39 is 4.83 Å². The summed E-state index contributed by atoms with van der Waals surface area (Å²) < 4.78 is 13.7. The molecular formula is C20H23BrFN3O. The van der Waals surface area contributed by atoms with Gasteiger partial charge in [0.25, 0.3) is 0 Å². The van der Waals surface area contributed by atoms with Crippen LogP contribution >= 0.6 is 15.9 Å². The Hall–Kier alpha value is -1.92. The topological polar surface area (TPSA) is 35.6 Å². The van der Waals surface area contributed by atoms with E-state index >= 15 is 0 Å². The molecule has 1 saturated heterocycles. The van der Waals surface area contributed by atoms with Gasteiger partial charge in [-0.25, -0.2) is 4.39 Å². The molecular weight excluding hydrogens is 397 g/mol. The van der Waals surface area contributed by atoms with Crippen molar-refractivity contribution in [2.75, 3.05) is 43.4 Å². The number of carbonyl (C=O) groups is 1. The minimum Gasteiger partial charge on any atom is -0.369 e. The molecule has 1 amide bonds. The van der Waals surface area contributed by atoms with Crippen LogP contribution in [0.15, 0.2) is 48.5 Å². The molecule has 3 rings (SSSR count). The van der Waals surface area contributed by atoms with Crippen LogP contribution in [0, 0.1) is 5.82 Å². The van der Waals surface area contributed by atoms with E-state index in [0.717, 1.165) is 37.6 Å². The average Bonchev–Trinajstić information content (AvgIpc) is 2.65. The molecule has 138 valence electrons. The zero-order valence-corrected chi connectivity index (χ0v) is 16.4. The predicted octanol–water partition coefficient (Wildman–Crippen LogP) is 3.52. The highest BCUT2D eigenvalue weighted by Crippen LogP contribution is 2.21. The van der Waals surface area contributed by atoms with Crippen LogP contribution in [-0.2, 0) is 11.2 Å². The lowest BCUT2D eigenvalue weighted by Gasteiger charge is -2.34. The molecule has 0 radical (unpaired) electrons. The van der Waals surface area contributed by atoms with Crippen molar-refractivity contribution in [2.45, 2.75) is 11.2 Å². The lowest BCUT2D eigenvalue weighted by atomic mass is 10.1. The Kier molecular flexibility index (Phi) is 6.27. The second kappa shape index (κ2) is 8.64. The molecule has 1 atom stereocenters. The Balaban J connectivity index is 1.56. The van der Waals surface area contributed by atoms with E-state index in [0.29, 0.717) is 12.0 Å². The lowest BCUT2D eigenvalue weighted by Crippen LogP contribution is -2.44. The molecule has 2 aromatic carbocycles. The Morgan fingerprint density at radius 2 is 1.77 bits per heavy atom. The molecule has 1 heterocycles. The molecule has 0 saturated carbocycles. The number of benzene rings is 2. The number of alkyl halides is 1. The summed E-state index contributed by atoms with van der Waals surface area (Å²) in [5, 5.41) is 2.88. The number of amides is 1. The highest BCUT2D eigenvalue weighted by atomic mass is 79.9. The zero-order valence-electron chi connectivity index (χ0n) is 14.8. The molecule has 1 aliphatic rings. The third kappa shape index (κ3) is 4.83. The predicted molar refractivity (Wildman–Crippen MR) is 108 cm³/mol. The quantitative estimate of drug-likeness (QED) is 0.752. The molecule has 4 nitrogen and oxygen atoms in total. The van der Waals surface area contributed by atoms with E-state index in [-0.39, 0.29) is 11.7 Å². The summed E-state index contributed by atoms with van der Waals surface area (Å²) in [5.41, 5.74) is 2.43. The van der Waals surface area contributed by atoms with Gasteiger partial charge in [0.05, 0.1) is 4.83 Å². The molecule has 1 fully saturated rings. The molecule has 2 aromatic rings. The molecule has 1 aliphatic heterocycles. The fourth-order valence-corrected chi connectivity index (χ4v) is 3.45. The number of piperazine rings is 1. The van der Waals surface area contributed by atoms with Crippen molar-refractivity contribution in [2.24, 2.45) is 0 Å². The van der Waals surface area contributed by atoms with Crippen LogP contribution in [0.25, 0.3) is 0 Å². The summed E-state index contributed by atoms with van der Waals surface area (Å²) in [4.78, 5) is 16.5. The molecule has 0 aromatic heterocycles. The Bertz CT molecular complexity index is 745. The highest BCUT2D eigenvalue weighted by Gasteiger charge is 2.18. The van der Waals surface area contributed by atoms with Gasteiger partial charge in [-0.2, -0.15) is 0 Å². The van der Waals surface area contributed by atoms with Crippen molar-refractivity contribution in [3.05, 3.63) is 59.9 Å². The Morgan fingerprint density at radius 1 is 1.12 bits per heavy atom. The van der Waals surface area contributed by atoms with Gasteiger partial charge in [0.1, 0.15) is 5.82 Å². The number of halogens is 2. The summed E-state index contributed by atoms with van der Waals surface area (Å²) in [6, 6.07) is 14.4. The largest absolute Gasteiger partial charge is 0.369 e. The van der Waals surface area contributed by atoms with Crippen molar-refractivity contribution in [3.63, 3.8) is 0 Å². The van der Waals surface area contributed by atoms with E-state index in [1.54, 1.807) is 18.2 Å². The highest BCUT2D eigenvalue weighted by molar-refractivity contribution is 9.10. The lowest BCUT2D eigenvalue weighted by molar-refractivity contribution is -0.115. The summed E-state index contributed by atoms with van der Waals surface area (Å²) in [6.07, 6.45) is 0.303. The number of likely N-dealkylation sites (N-methyl/N-ethyl adjacent to an activating group) is 1. The summed E-state index contributed by atoms with van der Waals surface area (Å²) >= 11 is 3.36. The number of carbonyl (C=O) groups excluding carboxylic acids is 1. The molecule has 1 N–H and O–H groups in total. The van der Waals surface area contributed by atoms with Gasteiger partial charge in [0.2, 0.25) is 5.91 Å². The molecule has 6 heteroatoms. The number of hydrogen-bond acceptors (Lipinski definition) is 3. The van der Waals surface area contributed by atoms with Crippen LogP contribution in [0.2, 0.25) is 0 Å². The minimum absolute atomic E-state index is 0.180. The number of anilines is 2. The normalized spacial score (nSPS) is 16.3. The van der Waals surface area contributed by atoms with E-state index in [9.17, 15) is 9.18 Å². The third-order valence-electron chi connectivity index (χ3n) is 4.64. The maximum atomic E-state index is 13.7. The second-order valence-corrected chi connectivity index (χ2v) is 7.69. The van der Waals surface area contributed by atoms with Gasteiger partial charge in [-0.1, -0.05) is 34.1 Å². The van der Waals surface area contributed by atoms with Crippen LogP contribution in [0.3, 0.4) is 0 Å². The van der Waals surface area contributed by atoms with Crippen molar-refractivity contribution >= 4 is 33.2 Å². The number of nitrogens with zero attached hydrogens (tertiary/aromatic N) is 2. The SMILES string of the molecule is CN1CCN(c2ccc(NC(=O)C(Br)Cc3ccccc3F)cc2)CC1.